The highest BCUT2D eigenvalue weighted by Gasteiger charge is 2.18. The fraction of sp³-hybridized carbons (Fsp3) is 0.235. The molecular formula is C17H19NO5S. The average molecular weight is 349 g/mol. The third-order valence-electron chi connectivity index (χ3n) is 3.57. The third-order valence-corrected chi connectivity index (χ3v) is 4.97. The first-order chi connectivity index (χ1) is 11.4. The highest BCUT2D eigenvalue weighted by atomic mass is 32.2. The Morgan fingerprint density at radius 2 is 1.83 bits per heavy atom. The van der Waals surface area contributed by atoms with Gasteiger partial charge in [-0.05, 0) is 30.7 Å². The smallest absolute Gasteiger partial charge is 0.338 e. The molecule has 2 aromatic carbocycles. The van der Waals surface area contributed by atoms with Gasteiger partial charge in [0, 0.05) is 12.1 Å². The SMILES string of the molecule is COC(=O)c1cc(S(=O)(=O)NCc2ccccc2OC)ccc1C. The van der Waals surface area contributed by atoms with Crippen LogP contribution in [0.3, 0.4) is 0 Å². The first-order valence-electron chi connectivity index (χ1n) is 7.19. The van der Waals surface area contributed by atoms with Crippen molar-refractivity contribution >= 4 is 16.0 Å². The molecule has 24 heavy (non-hydrogen) atoms. The molecule has 1 N–H and O–H groups in total. The van der Waals surface area contributed by atoms with Crippen molar-refractivity contribution < 1.29 is 22.7 Å². The third kappa shape index (κ3) is 3.93. The number of hydrogen-bond acceptors (Lipinski definition) is 5. The Hall–Kier alpha value is -2.38. The van der Waals surface area contributed by atoms with Crippen LogP contribution in [0.5, 0.6) is 5.75 Å². The molecule has 0 bridgehead atoms. The lowest BCUT2D eigenvalue weighted by molar-refractivity contribution is 0.0599. The molecule has 2 aromatic rings. The van der Waals surface area contributed by atoms with Crippen LogP contribution in [0.25, 0.3) is 0 Å². The number of nitrogens with one attached hydrogen (secondary N) is 1. The molecule has 2 rings (SSSR count). The van der Waals surface area contributed by atoms with Crippen molar-refractivity contribution in [3.8, 4) is 5.75 Å². The van der Waals surface area contributed by atoms with Crippen molar-refractivity contribution in [2.24, 2.45) is 0 Å². The summed E-state index contributed by atoms with van der Waals surface area (Å²) in [6.07, 6.45) is 0. The summed E-state index contributed by atoms with van der Waals surface area (Å²) < 4.78 is 37.3. The van der Waals surface area contributed by atoms with E-state index in [1.807, 2.05) is 0 Å². The molecule has 128 valence electrons. The standard InChI is InChI=1S/C17H19NO5S/c1-12-8-9-14(10-15(12)17(19)23-3)24(20,21)18-11-13-6-4-5-7-16(13)22-2/h4-10,18H,11H2,1-3H3. The zero-order chi connectivity index (χ0) is 17.7. The number of hydrogen-bond donors (Lipinski definition) is 1. The van der Waals surface area contributed by atoms with Crippen molar-refractivity contribution in [1.29, 1.82) is 0 Å². The van der Waals surface area contributed by atoms with Crippen molar-refractivity contribution in [2.45, 2.75) is 18.4 Å². The number of carbonyl (C=O) groups is 1. The maximum absolute atomic E-state index is 12.5. The van der Waals surface area contributed by atoms with E-state index in [-0.39, 0.29) is 17.0 Å². The monoisotopic (exact) mass is 349 g/mol. The molecule has 0 aliphatic rings. The fourth-order valence-corrected chi connectivity index (χ4v) is 3.24. The minimum absolute atomic E-state index is 0.00315. The van der Waals surface area contributed by atoms with Crippen LogP contribution < -0.4 is 9.46 Å². The fourth-order valence-electron chi connectivity index (χ4n) is 2.20. The van der Waals surface area contributed by atoms with Crippen LogP contribution in [0.2, 0.25) is 0 Å². The Bertz CT molecular complexity index is 846. The number of esters is 1. The van der Waals surface area contributed by atoms with Gasteiger partial charge in [0.25, 0.3) is 0 Å². The quantitative estimate of drug-likeness (QED) is 0.809. The predicted octanol–water partition coefficient (Wildman–Crippen LogP) is 2.27. The Kier molecular flexibility index (Phi) is 5.58. The molecule has 0 saturated carbocycles. The van der Waals surface area contributed by atoms with Gasteiger partial charge in [0.1, 0.15) is 5.75 Å². The maximum atomic E-state index is 12.5. The van der Waals surface area contributed by atoms with Gasteiger partial charge >= 0.3 is 5.97 Å². The first kappa shape index (κ1) is 18.0. The zero-order valence-corrected chi connectivity index (χ0v) is 14.5. The van der Waals surface area contributed by atoms with Gasteiger partial charge < -0.3 is 9.47 Å². The van der Waals surface area contributed by atoms with Crippen LogP contribution >= 0.6 is 0 Å². The van der Waals surface area contributed by atoms with E-state index in [1.165, 1.54) is 26.4 Å². The van der Waals surface area contributed by atoms with Crippen LogP contribution in [-0.4, -0.2) is 28.6 Å². The van der Waals surface area contributed by atoms with Crippen molar-refractivity contribution in [1.82, 2.24) is 4.72 Å². The number of carbonyl (C=O) groups excluding carboxylic acids is 1. The molecule has 7 heteroatoms. The molecule has 0 aliphatic heterocycles. The van der Waals surface area contributed by atoms with Crippen molar-refractivity contribution in [3.05, 3.63) is 59.2 Å². The molecule has 6 nitrogen and oxygen atoms in total. The molecule has 0 spiro atoms. The van der Waals surface area contributed by atoms with Crippen molar-refractivity contribution in [2.75, 3.05) is 14.2 Å². The Balaban J connectivity index is 2.26. The number of rotatable bonds is 6. The molecule has 0 radical (unpaired) electrons. The van der Waals surface area contributed by atoms with Crippen LogP contribution in [0, 0.1) is 6.92 Å². The van der Waals surface area contributed by atoms with Crippen molar-refractivity contribution in [3.63, 3.8) is 0 Å². The lowest BCUT2D eigenvalue weighted by Gasteiger charge is -2.11. The molecule has 0 aliphatic carbocycles. The molecule has 0 amide bonds. The van der Waals surface area contributed by atoms with Crippen LogP contribution in [0.15, 0.2) is 47.4 Å². The van der Waals surface area contributed by atoms with Gasteiger partial charge in [-0.2, -0.15) is 0 Å². The van der Waals surface area contributed by atoms with Gasteiger partial charge in [-0.3, -0.25) is 0 Å². The lowest BCUT2D eigenvalue weighted by atomic mass is 10.1. The highest BCUT2D eigenvalue weighted by Crippen LogP contribution is 2.19. The van der Waals surface area contributed by atoms with E-state index in [0.29, 0.717) is 16.9 Å². The van der Waals surface area contributed by atoms with E-state index in [4.69, 9.17) is 4.74 Å². The second-order valence-corrected chi connectivity index (χ2v) is 6.87. The second-order valence-electron chi connectivity index (χ2n) is 5.10. The summed E-state index contributed by atoms with van der Waals surface area (Å²) in [5.74, 6) is 0.0219. The minimum atomic E-state index is -3.78. The van der Waals surface area contributed by atoms with E-state index < -0.39 is 16.0 Å². The van der Waals surface area contributed by atoms with Gasteiger partial charge in [-0.15, -0.1) is 0 Å². The van der Waals surface area contributed by atoms with Gasteiger partial charge in [0.05, 0.1) is 24.7 Å². The van der Waals surface area contributed by atoms with E-state index in [2.05, 4.69) is 9.46 Å². The molecule has 0 heterocycles. The van der Waals surface area contributed by atoms with E-state index in [1.54, 1.807) is 37.3 Å². The number of benzene rings is 2. The molecule has 0 fully saturated rings. The normalized spacial score (nSPS) is 11.1. The van der Waals surface area contributed by atoms with Gasteiger partial charge in [0.2, 0.25) is 10.0 Å². The van der Waals surface area contributed by atoms with E-state index in [9.17, 15) is 13.2 Å². The minimum Gasteiger partial charge on any atom is -0.496 e. The number of methoxy groups -OCH3 is 2. The van der Waals surface area contributed by atoms with E-state index >= 15 is 0 Å². The molecule has 0 atom stereocenters. The Labute approximate surface area is 141 Å². The molecule has 0 aromatic heterocycles. The summed E-state index contributed by atoms with van der Waals surface area (Å²) in [7, 11) is -1.00. The average Bonchev–Trinajstić information content (AvgIpc) is 2.59. The number of ether oxygens (including phenoxy) is 2. The predicted molar refractivity (Wildman–Crippen MR) is 89.5 cm³/mol. The number of para-hydroxylation sites is 1. The Morgan fingerprint density at radius 1 is 1.12 bits per heavy atom. The second kappa shape index (κ2) is 7.46. The summed E-state index contributed by atoms with van der Waals surface area (Å²) in [6.45, 7) is 1.79. The summed E-state index contributed by atoms with van der Waals surface area (Å²) in [6, 6.07) is 11.5. The highest BCUT2D eigenvalue weighted by molar-refractivity contribution is 7.89. The van der Waals surface area contributed by atoms with Gasteiger partial charge in [-0.1, -0.05) is 24.3 Å². The van der Waals surface area contributed by atoms with Crippen LogP contribution in [0.1, 0.15) is 21.5 Å². The molecule has 0 saturated heterocycles. The topological polar surface area (TPSA) is 81.7 Å². The van der Waals surface area contributed by atoms with Gasteiger partial charge in [0.15, 0.2) is 0 Å². The van der Waals surface area contributed by atoms with E-state index in [0.717, 1.165) is 0 Å². The molecule has 0 unspecified atom stereocenters. The summed E-state index contributed by atoms with van der Waals surface area (Å²) in [5.41, 5.74) is 1.58. The zero-order valence-electron chi connectivity index (χ0n) is 13.7. The van der Waals surface area contributed by atoms with Crippen LogP contribution in [0.4, 0.5) is 0 Å². The number of aryl methyl sites for hydroxylation is 1. The Morgan fingerprint density at radius 3 is 2.50 bits per heavy atom. The first-order valence-corrected chi connectivity index (χ1v) is 8.68. The maximum Gasteiger partial charge on any atom is 0.338 e. The summed E-state index contributed by atoms with van der Waals surface area (Å²) in [4.78, 5) is 11.7. The van der Waals surface area contributed by atoms with Gasteiger partial charge in [-0.25, -0.2) is 17.9 Å². The molecular weight excluding hydrogens is 330 g/mol. The van der Waals surface area contributed by atoms with Crippen LogP contribution in [-0.2, 0) is 21.3 Å². The largest absolute Gasteiger partial charge is 0.496 e. The summed E-state index contributed by atoms with van der Waals surface area (Å²) >= 11 is 0. The number of sulfonamides is 1. The summed E-state index contributed by atoms with van der Waals surface area (Å²) in [5, 5.41) is 0. The lowest BCUT2D eigenvalue weighted by Crippen LogP contribution is -2.24.